The SMILES string of the molecule is O=C(O)c1ccnc(N2CCOC3CCCCC32)c1. The maximum Gasteiger partial charge on any atom is 0.335 e. The summed E-state index contributed by atoms with van der Waals surface area (Å²) in [4.78, 5) is 17.6. The fourth-order valence-electron chi connectivity index (χ4n) is 3.09. The predicted molar refractivity (Wildman–Crippen MR) is 70.5 cm³/mol. The van der Waals surface area contributed by atoms with Gasteiger partial charge in [-0.15, -0.1) is 0 Å². The molecule has 5 nitrogen and oxygen atoms in total. The average Bonchev–Trinajstić information content (AvgIpc) is 2.47. The summed E-state index contributed by atoms with van der Waals surface area (Å²) >= 11 is 0. The number of carboxylic acid groups (broad SMARTS) is 1. The second-order valence-corrected chi connectivity index (χ2v) is 5.16. The monoisotopic (exact) mass is 262 g/mol. The van der Waals surface area contributed by atoms with Crippen molar-refractivity contribution in [1.29, 1.82) is 0 Å². The van der Waals surface area contributed by atoms with E-state index in [1.807, 2.05) is 0 Å². The number of aromatic carboxylic acids is 1. The number of morpholine rings is 1. The van der Waals surface area contributed by atoms with Crippen LogP contribution in [0.5, 0.6) is 0 Å². The molecule has 0 bridgehead atoms. The Kier molecular flexibility index (Phi) is 3.38. The van der Waals surface area contributed by atoms with Crippen LogP contribution in [0, 0.1) is 0 Å². The molecular formula is C14H18N2O3. The van der Waals surface area contributed by atoms with Crippen LogP contribution in [0.4, 0.5) is 5.82 Å². The van der Waals surface area contributed by atoms with Crippen LogP contribution >= 0.6 is 0 Å². The maximum atomic E-state index is 11.0. The number of rotatable bonds is 2. The van der Waals surface area contributed by atoms with Gasteiger partial charge >= 0.3 is 5.97 Å². The first-order chi connectivity index (χ1) is 9.25. The molecule has 5 heteroatoms. The molecule has 1 aliphatic heterocycles. The molecule has 102 valence electrons. The van der Waals surface area contributed by atoms with Gasteiger partial charge in [0.1, 0.15) is 5.82 Å². The van der Waals surface area contributed by atoms with E-state index in [1.165, 1.54) is 18.9 Å². The summed E-state index contributed by atoms with van der Waals surface area (Å²) in [7, 11) is 0. The molecule has 1 aliphatic carbocycles. The molecule has 0 spiro atoms. The van der Waals surface area contributed by atoms with E-state index in [1.54, 1.807) is 12.3 Å². The summed E-state index contributed by atoms with van der Waals surface area (Å²) in [6.45, 7) is 1.48. The number of hydrogen-bond donors (Lipinski definition) is 1. The molecule has 2 heterocycles. The fraction of sp³-hybridized carbons (Fsp3) is 0.571. The molecule has 19 heavy (non-hydrogen) atoms. The van der Waals surface area contributed by atoms with Crippen LogP contribution < -0.4 is 4.90 Å². The van der Waals surface area contributed by atoms with Gasteiger partial charge in [0, 0.05) is 12.7 Å². The Balaban J connectivity index is 1.87. The minimum absolute atomic E-state index is 0.276. The van der Waals surface area contributed by atoms with Gasteiger partial charge in [-0.3, -0.25) is 0 Å². The van der Waals surface area contributed by atoms with E-state index >= 15 is 0 Å². The van der Waals surface area contributed by atoms with Crippen molar-refractivity contribution in [3.63, 3.8) is 0 Å². The number of aromatic nitrogens is 1. The van der Waals surface area contributed by atoms with Crippen molar-refractivity contribution in [2.75, 3.05) is 18.1 Å². The van der Waals surface area contributed by atoms with Crippen molar-refractivity contribution < 1.29 is 14.6 Å². The minimum atomic E-state index is -0.905. The lowest BCUT2D eigenvalue weighted by molar-refractivity contribution is -0.00898. The first-order valence-electron chi connectivity index (χ1n) is 6.83. The maximum absolute atomic E-state index is 11.0. The Labute approximate surface area is 112 Å². The van der Waals surface area contributed by atoms with E-state index in [0.29, 0.717) is 18.2 Å². The number of hydrogen-bond acceptors (Lipinski definition) is 4. The molecule has 0 aromatic carbocycles. The average molecular weight is 262 g/mol. The lowest BCUT2D eigenvalue weighted by atomic mass is 9.90. The van der Waals surface area contributed by atoms with Gasteiger partial charge < -0.3 is 14.7 Å². The number of ether oxygens (including phenoxy) is 1. The van der Waals surface area contributed by atoms with Crippen LogP contribution in [0.2, 0.25) is 0 Å². The van der Waals surface area contributed by atoms with E-state index in [0.717, 1.165) is 25.2 Å². The highest BCUT2D eigenvalue weighted by atomic mass is 16.5. The van der Waals surface area contributed by atoms with E-state index in [2.05, 4.69) is 9.88 Å². The highest BCUT2D eigenvalue weighted by Gasteiger charge is 2.34. The number of carboxylic acids is 1. The standard InChI is InChI=1S/C14H18N2O3/c17-14(18)10-5-6-15-13(9-10)16-7-8-19-12-4-2-1-3-11(12)16/h5-6,9,11-12H,1-4,7-8H2,(H,17,18). The predicted octanol–water partition coefficient (Wildman–Crippen LogP) is 1.93. The van der Waals surface area contributed by atoms with Crippen molar-refractivity contribution in [2.24, 2.45) is 0 Å². The molecule has 0 radical (unpaired) electrons. The quantitative estimate of drug-likeness (QED) is 0.882. The highest BCUT2D eigenvalue weighted by Crippen LogP contribution is 2.31. The number of nitrogens with zero attached hydrogens (tertiary/aromatic N) is 2. The van der Waals surface area contributed by atoms with Gasteiger partial charge in [-0.05, 0) is 25.0 Å². The molecule has 1 aromatic rings. The molecule has 1 saturated carbocycles. The van der Waals surface area contributed by atoms with Crippen molar-refractivity contribution in [3.05, 3.63) is 23.9 Å². The van der Waals surface area contributed by atoms with Gasteiger partial charge in [0.25, 0.3) is 0 Å². The van der Waals surface area contributed by atoms with Crippen LogP contribution in [0.15, 0.2) is 18.3 Å². The van der Waals surface area contributed by atoms with Crippen molar-refractivity contribution >= 4 is 11.8 Å². The number of pyridine rings is 1. The van der Waals surface area contributed by atoms with Gasteiger partial charge in [-0.25, -0.2) is 9.78 Å². The summed E-state index contributed by atoms with van der Waals surface area (Å²) in [6, 6.07) is 3.54. The van der Waals surface area contributed by atoms with Gasteiger partial charge in [0.2, 0.25) is 0 Å². The fourth-order valence-corrected chi connectivity index (χ4v) is 3.09. The minimum Gasteiger partial charge on any atom is -0.478 e. The summed E-state index contributed by atoms with van der Waals surface area (Å²) in [5.74, 6) is -0.141. The Hall–Kier alpha value is -1.62. The van der Waals surface area contributed by atoms with E-state index in [9.17, 15) is 4.79 Å². The smallest absolute Gasteiger partial charge is 0.335 e. The normalized spacial score (nSPS) is 26.8. The molecule has 1 N–H and O–H groups in total. The zero-order valence-corrected chi connectivity index (χ0v) is 10.8. The van der Waals surface area contributed by atoms with Gasteiger partial charge in [-0.2, -0.15) is 0 Å². The Morgan fingerprint density at radius 3 is 3.11 bits per heavy atom. The van der Waals surface area contributed by atoms with Crippen LogP contribution in [0.3, 0.4) is 0 Å². The molecule has 2 unspecified atom stereocenters. The third-order valence-electron chi connectivity index (χ3n) is 4.02. The third kappa shape index (κ3) is 2.42. The summed E-state index contributed by atoms with van der Waals surface area (Å²) in [6.07, 6.45) is 6.48. The van der Waals surface area contributed by atoms with Crippen molar-refractivity contribution in [3.8, 4) is 0 Å². The molecule has 2 fully saturated rings. The van der Waals surface area contributed by atoms with Crippen LogP contribution in [-0.2, 0) is 4.74 Å². The lowest BCUT2D eigenvalue weighted by Crippen LogP contribution is -2.53. The number of fused-ring (bicyclic) bond motifs is 1. The van der Waals surface area contributed by atoms with Crippen LogP contribution in [-0.4, -0.2) is 41.4 Å². The Morgan fingerprint density at radius 1 is 1.42 bits per heavy atom. The molecule has 2 aliphatic rings. The largest absolute Gasteiger partial charge is 0.478 e. The molecule has 3 rings (SSSR count). The first kappa shape index (κ1) is 12.4. The Morgan fingerprint density at radius 2 is 2.26 bits per heavy atom. The Bertz CT molecular complexity index is 476. The lowest BCUT2D eigenvalue weighted by Gasteiger charge is -2.44. The molecule has 2 atom stereocenters. The second kappa shape index (κ2) is 5.17. The van der Waals surface area contributed by atoms with Gasteiger partial charge in [-0.1, -0.05) is 12.8 Å². The van der Waals surface area contributed by atoms with Gasteiger partial charge in [0.05, 0.1) is 24.3 Å². The van der Waals surface area contributed by atoms with E-state index < -0.39 is 5.97 Å². The number of carbonyl (C=O) groups is 1. The third-order valence-corrected chi connectivity index (χ3v) is 4.02. The van der Waals surface area contributed by atoms with E-state index in [4.69, 9.17) is 9.84 Å². The molecule has 1 aromatic heterocycles. The topological polar surface area (TPSA) is 62.7 Å². The number of anilines is 1. The summed E-state index contributed by atoms with van der Waals surface area (Å²) in [5.41, 5.74) is 0.295. The zero-order chi connectivity index (χ0) is 13.2. The van der Waals surface area contributed by atoms with Gasteiger partial charge in [0.15, 0.2) is 0 Å². The van der Waals surface area contributed by atoms with Crippen LogP contribution in [0.1, 0.15) is 36.0 Å². The van der Waals surface area contributed by atoms with Crippen molar-refractivity contribution in [1.82, 2.24) is 4.98 Å². The summed E-state index contributed by atoms with van der Waals surface area (Å²) < 4.78 is 5.83. The molecular weight excluding hydrogens is 244 g/mol. The molecule has 1 saturated heterocycles. The summed E-state index contributed by atoms with van der Waals surface area (Å²) in [5, 5.41) is 9.07. The van der Waals surface area contributed by atoms with Crippen LogP contribution in [0.25, 0.3) is 0 Å². The highest BCUT2D eigenvalue weighted by molar-refractivity contribution is 5.88. The second-order valence-electron chi connectivity index (χ2n) is 5.16. The van der Waals surface area contributed by atoms with Crippen molar-refractivity contribution in [2.45, 2.75) is 37.8 Å². The first-order valence-corrected chi connectivity index (χ1v) is 6.83. The zero-order valence-electron chi connectivity index (χ0n) is 10.8. The van der Waals surface area contributed by atoms with E-state index in [-0.39, 0.29) is 6.10 Å². The molecule has 0 amide bonds.